The van der Waals surface area contributed by atoms with Crippen molar-refractivity contribution in [1.82, 2.24) is 4.98 Å². The Bertz CT molecular complexity index is 1070. The fraction of sp³-hybridized carbons (Fsp3) is 0.552. The molecule has 4 nitrogen and oxygen atoms in total. The van der Waals surface area contributed by atoms with Crippen LogP contribution in [0.25, 0.3) is 22.4 Å². The molecule has 2 N–H and O–H groups in total. The average molecular weight is 641 g/mol. The molecule has 0 amide bonds. The quantitative estimate of drug-likeness (QED) is 0.310. The van der Waals surface area contributed by atoms with Crippen LogP contribution in [0.4, 0.5) is 0 Å². The maximum Gasteiger partial charge on any atom is 0.0646 e. The second-order valence-corrected chi connectivity index (χ2v) is 11.6. The number of hydrogen-bond acceptors (Lipinski definition) is 4. The van der Waals surface area contributed by atoms with Gasteiger partial charge in [0.05, 0.1) is 18.0 Å². The van der Waals surface area contributed by atoms with Crippen molar-refractivity contribution < 1.29 is 34.7 Å². The molecule has 4 atom stereocenters. The molecule has 2 fully saturated rings. The van der Waals surface area contributed by atoms with Gasteiger partial charge in [0, 0.05) is 43.5 Å². The Morgan fingerprint density at radius 1 is 1.03 bits per heavy atom. The molecule has 5 rings (SSSR count). The smallest absolute Gasteiger partial charge is 0.0646 e. The maximum atomic E-state index is 10.3. The number of nitrogens with zero attached hydrogens (tertiary/aromatic N) is 1. The summed E-state index contributed by atoms with van der Waals surface area (Å²) >= 11 is 0. The van der Waals surface area contributed by atoms with E-state index in [1.807, 2.05) is 36.5 Å². The van der Waals surface area contributed by atoms with E-state index < -0.39 is 0 Å². The first-order valence-electron chi connectivity index (χ1n) is 12.2. The standard InChI is InChI=1S/C16H14NO.C13H24O2.Ir/c1-11(2)12-7-8-17-14(9-12)16-10-13-5-3-4-6-15(13)18-16;1-12(2)6-5-8-7-13(3,4)11(15)9(8)10(12)14;/h3-9,11H,1-2H3;8-11,14-15H,5-7H2,1-4H3;/q-1;;. The number of rotatable bonds is 2. The van der Waals surface area contributed by atoms with E-state index in [-0.39, 0.29) is 49.1 Å². The third-order valence-corrected chi connectivity index (χ3v) is 7.85. The van der Waals surface area contributed by atoms with Crippen LogP contribution in [0.1, 0.15) is 72.3 Å². The van der Waals surface area contributed by atoms with Gasteiger partial charge in [-0.25, -0.2) is 0 Å². The largest absolute Gasteiger partial charge is 0.518 e. The third kappa shape index (κ3) is 5.33. The van der Waals surface area contributed by atoms with Crippen LogP contribution >= 0.6 is 0 Å². The van der Waals surface area contributed by atoms with Gasteiger partial charge in [-0.15, -0.1) is 17.5 Å². The molecule has 1 aromatic carbocycles. The number of fused-ring (bicyclic) bond motifs is 2. The molecular formula is C29H38IrNO3-. The Kier molecular flexibility index (Phi) is 8.14. The van der Waals surface area contributed by atoms with Crippen molar-refractivity contribution >= 4 is 11.0 Å². The predicted molar refractivity (Wildman–Crippen MR) is 133 cm³/mol. The van der Waals surface area contributed by atoms with Crippen LogP contribution in [0.2, 0.25) is 0 Å². The van der Waals surface area contributed by atoms with Gasteiger partial charge in [-0.05, 0) is 48.0 Å². The van der Waals surface area contributed by atoms with E-state index in [0.717, 1.165) is 35.9 Å². The van der Waals surface area contributed by atoms with E-state index >= 15 is 0 Å². The van der Waals surface area contributed by atoms with Gasteiger partial charge in [0.1, 0.15) is 0 Å². The number of aromatic nitrogens is 1. The number of benzene rings is 1. The Balaban J connectivity index is 0.000000188. The molecule has 0 saturated heterocycles. The number of hydrogen-bond donors (Lipinski definition) is 2. The minimum absolute atomic E-state index is 0. The van der Waals surface area contributed by atoms with E-state index in [1.54, 1.807) is 0 Å². The first-order valence-corrected chi connectivity index (χ1v) is 12.2. The summed E-state index contributed by atoms with van der Waals surface area (Å²) in [7, 11) is 0. The number of para-hydroxylation sites is 1. The van der Waals surface area contributed by atoms with Crippen molar-refractivity contribution in [3.63, 3.8) is 0 Å². The Hall–Kier alpha value is -1.52. The summed E-state index contributed by atoms with van der Waals surface area (Å²) < 4.78 is 5.77. The molecule has 5 heteroatoms. The fourth-order valence-electron chi connectivity index (χ4n) is 5.63. The first kappa shape index (κ1) is 27.1. The van der Waals surface area contributed by atoms with E-state index in [0.29, 0.717) is 17.6 Å². The van der Waals surface area contributed by atoms with Crippen LogP contribution in [0.15, 0.2) is 47.0 Å². The summed E-state index contributed by atoms with van der Waals surface area (Å²) in [4.78, 5) is 4.36. The molecule has 2 aliphatic carbocycles. The molecule has 0 bridgehead atoms. The van der Waals surface area contributed by atoms with Gasteiger partial charge in [0.2, 0.25) is 0 Å². The van der Waals surface area contributed by atoms with Crippen molar-refractivity contribution in [1.29, 1.82) is 0 Å². The summed E-state index contributed by atoms with van der Waals surface area (Å²) in [6.07, 6.45) is 4.45. The maximum absolute atomic E-state index is 10.3. The second kappa shape index (κ2) is 10.2. The van der Waals surface area contributed by atoms with Gasteiger partial charge in [0.15, 0.2) is 0 Å². The van der Waals surface area contributed by atoms with Crippen molar-refractivity contribution in [2.45, 2.75) is 78.9 Å². The molecule has 2 aromatic heterocycles. The average Bonchev–Trinajstić information content (AvgIpc) is 3.30. The van der Waals surface area contributed by atoms with Gasteiger partial charge in [-0.2, -0.15) is 0 Å². The molecule has 2 saturated carbocycles. The number of aliphatic hydroxyl groups is 2. The third-order valence-electron chi connectivity index (χ3n) is 7.85. The second-order valence-electron chi connectivity index (χ2n) is 11.6. The number of pyridine rings is 1. The van der Waals surface area contributed by atoms with Gasteiger partial charge in [0.25, 0.3) is 0 Å². The van der Waals surface area contributed by atoms with E-state index in [4.69, 9.17) is 4.42 Å². The van der Waals surface area contributed by atoms with Crippen LogP contribution in [0, 0.1) is 28.7 Å². The molecule has 0 aliphatic heterocycles. The van der Waals surface area contributed by atoms with Crippen molar-refractivity contribution in [2.75, 3.05) is 0 Å². The molecule has 4 unspecified atom stereocenters. The van der Waals surface area contributed by atoms with E-state index in [2.05, 4.69) is 58.7 Å². The number of aliphatic hydroxyl groups excluding tert-OH is 2. The fourth-order valence-corrected chi connectivity index (χ4v) is 5.63. The molecule has 34 heavy (non-hydrogen) atoms. The van der Waals surface area contributed by atoms with Crippen LogP contribution in [0.3, 0.4) is 0 Å². The van der Waals surface area contributed by atoms with Gasteiger partial charge < -0.3 is 19.6 Å². The summed E-state index contributed by atoms with van der Waals surface area (Å²) in [5.74, 6) is 1.82. The Morgan fingerprint density at radius 3 is 2.38 bits per heavy atom. The summed E-state index contributed by atoms with van der Waals surface area (Å²) in [5.41, 5.74) is 2.91. The first-order chi connectivity index (χ1) is 15.5. The monoisotopic (exact) mass is 641 g/mol. The van der Waals surface area contributed by atoms with Gasteiger partial charge >= 0.3 is 0 Å². The predicted octanol–water partition coefficient (Wildman–Crippen LogP) is 6.61. The van der Waals surface area contributed by atoms with Gasteiger partial charge in [-0.1, -0.05) is 71.4 Å². The zero-order chi connectivity index (χ0) is 24.0. The molecule has 0 spiro atoms. The van der Waals surface area contributed by atoms with Crippen molar-refractivity contribution in [3.8, 4) is 11.5 Å². The summed E-state index contributed by atoms with van der Waals surface area (Å²) in [6, 6.07) is 15.2. The van der Waals surface area contributed by atoms with Crippen molar-refractivity contribution in [2.24, 2.45) is 22.7 Å². The van der Waals surface area contributed by atoms with Crippen LogP contribution < -0.4 is 0 Å². The molecule has 2 aliphatic rings. The Morgan fingerprint density at radius 2 is 1.71 bits per heavy atom. The molecular weight excluding hydrogens is 603 g/mol. The zero-order valence-corrected chi connectivity index (χ0v) is 23.5. The minimum atomic E-state index is -0.340. The minimum Gasteiger partial charge on any atom is -0.518 e. The molecule has 1 radical (unpaired) electrons. The van der Waals surface area contributed by atoms with Gasteiger partial charge in [-0.3, -0.25) is 0 Å². The zero-order valence-electron chi connectivity index (χ0n) is 21.1. The molecule has 3 aromatic rings. The van der Waals surface area contributed by atoms with Crippen LogP contribution in [-0.4, -0.2) is 27.4 Å². The molecule has 187 valence electrons. The van der Waals surface area contributed by atoms with E-state index in [9.17, 15) is 10.2 Å². The summed E-state index contributed by atoms with van der Waals surface area (Å²) in [5, 5.41) is 21.6. The van der Waals surface area contributed by atoms with E-state index in [1.165, 1.54) is 5.56 Å². The topological polar surface area (TPSA) is 66.5 Å². The SMILES string of the molecule is CC(C)c1ccnc(-c2[c-]c3ccccc3o2)c1.CC1(C)CCC2CC(C)(C)C(O)C2C1O.[Ir]. The Labute approximate surface area is 217 Å². The van der Waals surface area contributed by atoms with Crippen molar-refractivity contribution in [3.05, 3.63) is 54.2 Å². The normalized spacial score (nSPS) is 27.0. The summed E-state index contributed by atoms with van der Waals surface area (Å²) in [6.45, 7) is 12.8. The van der Waals surface area contributed by atoms with Crippen LogP contribution in [-0.2, 0) is 20.1 Å². The van der Waals surface area contributed by atoms with Crippen LogP contribution in [0.5, 0.6) is 0 Å². The molecule has 2 heterocycles. The number of furan rings is 1.